The fourth-order valence-electron chi connectivity index (χ4n) is 1.58. The summed E-state index contributed by atoms with van der Waals surface area (Å²) in [6.07, 6.45) is 0. The van der Waals surface area contributed by atoms with Gasteiger partial charge in [-0.05, 0) is 36.8 Å². The topological polar surface area (TPSA) is 95.4 Å². The average molecular weight is 357 g/mol. The zero-order chi connectivity index (χ0) is 14.9. The first-order chi connectivity index (χ1) is 9.27. The molecule has 2 rings (SSSR count). The van der Waals surface area contributed by atoms with Gasteiger partial charge in [0.2, 0.25) is 10.0 Å². The van der Waals surface area contributed by atoms with Crippen molar-refractivity contribution in [2.45, 2.75) is 11.8 Å². The lowest BCUT2D eigenvalue weighted by Crippen LogP contribution is -2.12. The summed E-state index contributed by atoms with van der Waals surface area (Å²) in [5, 5.41) is 5.09. The molecule has 2 aromatic rings. The highest BCUT2D eigenvalue weighted by atomic mass is 79.9. The predicted molar refractivity (Wildman–Crippen MR) is 81.2 cm³/mol. The highest BCUT2D eigenvalue weighted by molar-refractivity contribution is 9.10. The van der Waals surface area contributed by atoms with E-state index in [1.54, 1.807) is 6.07 Å². The number of rotatable bonds is 3. The Morgan fingerprint density at radius 3 is 2.45 bits per heavy atom. The van der Waals surface area contributed by atoms with Crippen molar-refractivity contribution in [2.75, 3.05) is 5.73 Å². The molecule has 0 aliphatic heterocycles. The average Bonchev–Trinajstić information content (AvgIpc) is 2.35. The number of primary sulfonamides is 1. The van der Waals surface area contributed by atoms with Crippen LogP contribution in [0, 0.1) is 6.92 Å². The molecule has 0 atom stereocenters. The van der Waals surface area contributed by atoms with Gasteiger partial charge < -0.3 is 10.5 Å². The summed E-state index contributed by atoms with van der Waals surface area (Å²) in [5.41, 5.74) is 7.02. The van der Waals surface area contributed by atoms with E-state index in [4.69, 9.17) is 15.6 Å². The minimum absolute atomic E-state index is 0.0469. The summed E-state index contributed by atoms with van der Waals surface area (Å²) in [4.78, 5) is -0.0469. The Bertz CT molecular complexity index is 760. The van der Waals surface area contributed by atoms with E-state index in [2.05, 4.69) is 15.9 Å². The summed E-state index contributed by atoms with van der Waals surface area (Å²) in [6, 6.07) is 9.63. The van der Waals surface area contributed by atoms with E-state index in [-0.39, 0.29) is 10.6 Å². The zero-order valence-corrected chi connectivity index (χ0v) is 13.0. The summed E-state index contributed by atoms with van der Waals surface area (Å²) in [5.74, 6) is 0.829. The van der Waals surface area contributed by atoms with E-state index >= 15 is 0 Å². The molecular formula is C13H13BrN2O3S. The van der Waals surface area contributed by atoms with Gasteiger partial charge in [-0.1, -0.05) is 22.0 Å². The number of nitrogens with two attached hydrogens (primary N) is 2. The molecule has 0 amide bonds. The summed E-state index contributed by atoms with van der Waals surface area (Å²) in [6.45, 7) is 1.88. The Labute approximate surface area is 125 Å². The van der Waals surface area contributed by atoms with E-state index in [9.17, 15) is 8.42 Å². The van der Waals surface area contributed by atoms with E-state index in [0.29, 0.717) is 11.4 Å². The fourth-order valence-corrected chi connectivity index (χ4v) is 2.45. The molecule has 2 aromatic carbocycles. The van der Waals surface area contributed by atoms with Crippen LogP contribution in [0.1, 0.15) is 5.56 Å². The van der Waals surface area contributed by atoms with Crippen LogP contribution in [-0.2, 0) is 10.0 Å². The molecule has 106 valence electrons. The number of halogens is 1. The maximum atomic E-state index is 11.3. The second kappa shape index (κ2) is 5.43. The van der Waals surface area contributed by atoms with Crippen LogP contribution in [-0.4, -0.2) is 8.42 Å². The predicted octanol–water partition coefficient (Wildman–Crippen LogP) is 2.78. The second-order valence-electron chi connectivity index (χ2n) is 4.26. The Kier molecular flexibility index (Phi) is 4.03. The number of aryl methyl sites for hydroxylation is 1. The molecule has 5 nitrogen and oxygen atoms in total. The maximum Gasteiger partial charge on any atom is 0.238 e. The van der Waals surface area contributed by atoms with Crippen LogP contribution in [0.3, 0.4) is 0 Å². The molecule has 0 unspecified atom stereocenters. The lowest BCUT2D eigenvalue weighted by molar-refractivity contribution is 0.479. The van der Waals surface area contributed by atoms with Crippen LogP contribution in [0.2, 0.25) is 0 Å². The molecule has 7 heteroatoms. The third kappa shape index (κ3) is 3.30. The molecule has 20 heavy (non-hydrogen) atoms. The minimum atomic E-state index is -3.80. The van der Waals surface area contributed by atoms with Crippen molar-refractivity contribution in [3.63, 3.8) is 0 Å². The summed E-state index contributed by atoms with van der Waals surface area (Å²) < 4.78 is 29.2. The second-order valence-corrected chi connectivity index (χ2v) is 6.73. The summed E-state index contributed by atoms with van der Waals surface area (Å²) >= 11 is 3.35. The van der Waals surface area contributed by atoms with Crippen molar-refractivity contribution in [1.82, 2.24) is 0 Å². The SMILES string of the molecule is Cc1ccc(Br)cc1Oc1cc(S(N)(=O)=O)ccc1N. The van der Waals surface area contributed by atoms with E-state index < -0.39 is 10.0 Å². The van der Waals surface area contributed by atoms with Crippen LogP contribution >= 0.6 is 15.9 Å². The van der Waals surface area contributed by atoms with Gasteiger partial charge in [-0.25, -0.2) is 13.6 Å². The molecular weight excluding hydrogens is 344 g/mol. The molecule has 0 aliphatic carbocycles. The standard InChI is InChI=1S/C13H13BrN2O3S/c1-8-2-3-9(14)6-12(8)19-13-7-10(20(16,17)18)4-5-11(13)15/h2-7H,15H2,1H3,(H2,16,17,18). The first-order valence-corrected chi connectivity index (χ1v) is 7.97. The number of hydrogen-bond acceptors (Lipinski definition) is 4. The number of benzene rings is 2. The van der Waals surface area contributed by atoms with Gasteiger partial charge in [-0.15, -0.1) is 0 Å². The Morgan fingerprint density at radius 2 is 1.80 bits per heavy atom. The third-order valence-electron chi connectivity index (χ3n) is 2.68. The molecule has 0 heterocycles. The van der Waals surface area contributed by atoms with Crippen LogP contribution in [0.5, 0.6) is 11.5 Å². The molecule has 0 spiro atoms. The van der Waals surface area contributed by atoms with Crippen molar-refractivity contribution in [1.29, 1.82) is 0 Å². The minimum Gasteiger partial charge on any atom is -0.455 e. The van der Waals surface area contributed by atoms with Gasteiger partial charge in [0, 0.05) is 10.5 Å². The number of nitrogen functional groups attached to an aromatic ring is 1. The van der Waals surface area contributed by atoms with Gasteiger partial charge in [-0.3, -0.25) is 0 Å². The Morgan fingerprint density at radius 1 is 1.10 bits per heavy atom. The number of hydrogen-bond donors (Lipinski definition) is 2. The first-order valence-electron chi connectivity index (χ1n) is 5.64. The number of ether oxygens (including phenoxy) is 1. The van der Waals surface area contributed by atoms with Crippen molar-refractivity contribution in [3.05, 3.63) is 46.4 Å². The van der Waals surface area contributed by atoms with Gasteiger partial charge in [0.15, 0.2) is 5.75 Å². The molecule has 0 saturated carbocycles. The van der Waals surface area contributed by atoms with E-state index in [0.717, 1.165) is 10.0 Å². The van der Waals surface area contributed by atoms with Crippen LogP contribution in [0.25, 0.3) is 0 Å². The van der Waals surface area contributed by atoms with E-state index in [1.165, 1.54) is 18.2 Å². The molecule has 0 fully saturated rings. The molecule has 0 aliphatic rings. The highest BCUT2D eigenvalue weighted by Crippen LogP contribution is 2.32. The van der Waals surface area contributed by atoms with Crippen molar-refractivity contribution >= 4 is 31.6 Å². The Hall–Kier alpha value is -1.57. The fraction of sp³-hybridized carbons (Fsp3) is 0.0769. The van der Waals surface area contributed by atoms with Crippen LogP contribution in [0.4, 0.5) is 5.69 Å². The Balaban J connectivity index is 2.45. The van der Waals surface area contributed by atoms with Crippen molar-refractivity contribution in [3.8, 4) is 11.5 Å². The molecule has 0 radical (unpaired) electrons. The van der Waals surface area contributed by atoms with Gasteiger partial charge in [0.05, 0.1) is 10.6 Å². The largest absolute Gasteiger partial charge is 0.455 e. The molecule has 0 aromatic heterocycles. The molecule has 4 N–H and O–H groups in total. The molecule has 0 saturated heterocycles. The quantitative estimate of drug-likeness (QED) is 0.826. The normalized spacial score (nSPS) is 11.3. The van der Waals surface area contributed by atoms with Crippen LogP contribution in [0.15, 0.2) is 45.8 Å². The van der Waals surface area contributed by atoms with Gasteiger partial charge in [0.1, 0.15) is 5.75 Å². The number of sulfonamides is 1. The lowest BCUT2D eigenvalue weighted by Gasteiger charge is -2.12. The van der Waals surface area contributed by atoms with Crippen molar-refractivity contribution < 1.29 is 13.2 Å². The van der Waals surface area contributed by atoms with Crippen molar-refractivity contribution in [2.24, 2.45) is 5.14 Å². The zero-order valence-electron chi connectivity index (χ0n) is 10.6. The maximum absolute atomic E-state index is 11.3. The highest BCUT2D eigenvalue weighted by Gasteiger charge is 2.12. The van der Waals surface area contributed by atoms with E-state index in [1.807, 2.05) is 19.1 Å². The smallest absolute Gasteiger partial charge is 0.238 e. The third-order valence-corrected chi connectivity index (χ3v) is 4.09. The van der Waals surface area contributed by atoms with Crippen LogP contribution < -0.4 is 15.6 Å². The van der Waals surface area contributed by atoms with Gasteiger partial charge in [-0.2, -0.15) is 0 Å². The number of anilines is 1. The summed E-state index contributed by atoms with van der Waals surface area (Å²) in [7, 11) is -3.80. The molecule has 0 bridgehead atoms. The van der Waals surface area contributed by atoms with Gasteiger partial charge >= 0.3 is 0 Å². The monoisotopic (exact) mass is 356 g/mol. The lowest BCUT2D eigenvalue weighted by atomic mass is 10.2. The first kappa shape index (κ1) is 14.8. The van der Waals surface area contributed by atoms with Gasteiger partial charge in [0.25, 0.3) is 0 Å².